The second kappa shape index (κ2) is 7.01. The Kier molecular flexibility index (Phi) is 5.65. The zero-order valence-electron chi connectivity index (χ0n) is 11.4. The number of hydrogen-bond acceptors (Lipinski definition) is 5. The summed E-state index contributed by atoms with van der Waals surface area (Å²) in [6, 6.07) is 0. The van der Waals surface area contributed by atoms with Gasteiger partial charge in [0.15, 0.2) is 0 Å². The first-order valence-corrected chi connectivity index (χ1v) is 6.00. The van der Waals surface area contributed by atoms with E-state index in [4.69, 9.17) is 9.84 Å². The van der Waals surface area contributed by atoms with Crippen LogP contribution in [0.5, 0.6) is 0 Å². The lowest BCUT2D eigenvalue weighted by atomic mass is 10.1. The van der Waals surface area contributed by atoms with E-state index < -0.39 is 11.5 Å². The number of rotatable bonds is 6. The number of nitrogens with zero attached hydrogens (tertiary/aromatic N) is 2. The quantitative estimate of drug-likeness (QED) is 0.655. The molecule has 7 heteroatoms. The summed E-state index contributed by atoms with van der Waals surface area (Å²) < 4.78 is 6.17. The van der Waals surface area contributed by atoms with E-state index >= 15 is 0 Å². The fourth-order valence-corrected chi connectivity index (χ4v) is 1.61. The molecule has 0 aliphatic heterocycles. The molecule has 0 bridgehead atoms. The molecule has 7 nitrogen and oxygen atoms in total. The van der Waals surface area contributed by atoms with Gasteiger partial charge in [-0.25, -0.2) is 4.68 Å². The number of aliphatic hydroxyl groups is 1. The van der Waals surface area contributed by atoms with Gasteiger partial charge in [-0.3, -0.25) is 9.59 Å². The Morgan fingerprint density at radius 3 is 2.74 bits per heavy atom. The van der Waals surface area contributed by atoms with Gasteiger partial charge < -0.3 is 15.2 Å². The predicted octanol–water partition coefficient (Wildman–Crippen LogP) is -0.864. The van der Waals surface area contributed by atoms with Gasteiger partial charge in [0.1, 0.15) is 5.56 Å². The molecule has 0 spiro atoms. The first kappa shape index (κ1) is 15.3. The zero-order chi connectivity index (χ0) is 14.4. The van der Waals surface area contributed by atoms with Crippen molar-refractivity contribution in [1.82, 2.24) is 15.1 Å². The van der Waals surface area contributed by atoms with E-state index in [0.29, 0.717) is 11.3 Å². The molecule has 0 aliphatic rings. The molecule has 106 valence electrons. The van der Waals surface area contributed by atoms with E-state index in [1.165, 1.54) is 7.05 Å². The van der Waals surface area contributed by atoms with Crippen molar-refractivity contribution >= 4 is 5.91 Å². The molecule has 1 aromatic heterocycles. The topological polar surface area (TPSA) is 93.5 Å². The fraction of sp³-hybridized carbons (Fsp3) is 0.583. The predicted molar refractivity (Wildman–Crippen MR) is 69.2 cm³/mol. The third-order valence-corrected chi connectivity index (χ3v) is 2.72. The highest BCUT2D eigenvalue weighted by molar-refractivity contribution is 5.95. The summed E-state index contributed by atoms with van der Waals surface area (Å²) in [5.41, 5.74) is 0.912. The van der Waals surface area contributed by atoms with Gasteiger partial charge in [0.25, 0.3) is 11.5 Å². The van der Waals surface area contributed by atoms with Crippen LogP contribution in [0.3, 0.4) is 0 Å². The molecule has 19 heavy (non-hydrogen) atoms. The molecule has 0 unspecified atom stereocenters. The number of carbonyl (C=O) groups is 1. The maximum Gasteiger partial charge on any atom is 0.279 e. The summed E-state index contributed by atoms with van der Waals surface area (Å²) in [6.07, 6.45) is 0. The lowest BCUT2D eigenvalue weighted by Gasteiger charge is -2.10. The zero-order valence-corrected chi connectivity index (χ0v) is 11.4. The van der Waals surface area contributed by atoms with Crippen LogP contribution < -0.4 is 10.9 Å². The minimum Gasteiger partial charge on any atom is -0.394 e. The molecule has 2 N–H and O–H groups in total. The van der Waals surface area contributed by atoms with Crippen molar-refractivity contribution in [2.75, 3.05) is 26.4 Å². The molecule has 1 heterocycles. The highest BCUT2D eigenvalue weighted by atomic mass is 16.5. The normalized spacial score (nSPS) is 10.5. The molecule has 0 atom stereocenters. The van der Waals surface area contributed by atoms with E-state index in [1.54, 1.807) is 13.8 Å². The number of aliphatic hydroxyl groups excluding tert-OH is 1. The van der Waals surface area contributed by atoms with E-state index in [9.17, 15) is 9.59 Å². The highest BCUT2D eigenvalue weighted by Crippen LogP contribution is 2.05. The molecule has 0 saturated carbocycles. The van der Waals surface area contributed by atoms with Crippen LogP contribution in [0.1, 0.15) is 21.6 Å². The molecular weight excluding hydrogens is 250 g/mol. The van der Waals surface area contributed by atoms with Gasteiger partial charge in [0, 0.05) is 13.6 Å². The van der Waals surface area contributed by atoms with E-state index in [0.717, 1.165) is 4.68 Å². The Balaban J connectivity index is 2.75. The molecule has 1 aromatic rings. The third-order valence-electron chi connectivity index (χ3n) is 2.72. The Labute approximate surface area is 111 Å². The number of ether oxygens (including phenoxy) is 1. The summed E-state index contributed by atoms with van der Waals surface area (Å²) in [4.78, 5) is 23.9. The van der Waals surface area contributed by atoms with Crippen molar-refractivity contribution in [3.8, 4) is 0 Å². The minimum atomic E-state index is -0.434. The van der Waals surface area contributed by atoms with Crippen LogP contribution >= 0.6 is 0 Å². The van der Waals surface area contributed by atoms with Gasteiger partial charge >= 0.3 is 0 Å². The van der Waals surface area contributed by atoms with Crippen molar-refractivity contribution in [2.24, 2.45) is 7.05 Å². The first-order chi connectivity index (χ1) is 8.99. The lowest BCUT2D eigenvalue weighted by Crippen LogP contribution is -2.36. The number of amides is 1. The van der Waals surface area contributed by atoms with Crippen LogP contribution in [-0.4, -0.2) is 47.2 Å². The molecule has 1 amide bonds. The van der Waals surface area contributed by atoms with Crippen LogP contribution in [0, 0.1) is 13.8 Å². The van der Waals surface area contributed by atoms with Crippen molar-refractivity contribution in [1.29, 1.82) is 0 Å². The van der Waals surface area contributed by atoms with E-state index in [-0.39, 0.29) is 31.9 Å². The fourth-order valence-electron chi connectivity index (χ4n) is 1.61. The standard InChI is InChI=1S/C12H19N3O4/c1-8-9(2)14-15(3)12(18)10(8)11(17)13-4-6-19-7-5-16/h16H,4-7H2,1-3H3,(H,13,17). The van der Waals surface area contributed by atoms with Crippen LogP contribution in [-0.2, 0) is 11.8 Å². The average Bonchev–Trinajstić information content (AvgIpc) is 2.36. The monoisotopic (exact) mass is 269 g/mol. The van der Waals surface area contributed by atoms with Gasteiger partial charge in [-0.1, -0.05) is 0 Å². The molecule has 0 fully saturated rings. The maximum atomic E-state index is 12.0. The number of carbonyl (C=O) groups excluding carboxylic acids is 1. The second-order valence-corrected chi connectivity index (χ2v) is 4.11. The first-order valence-electron chi connectivity index (χ1n) is 6.00. The van der Waals surface area contributed by atoms with Crippen LogP contribution in [0.25, 0.3) is 0 Å². The minimum absolute atomic E-state index is 0.0584. The Morgan fingerprint density at radius 2 is 2.11 bits per heavy atom. The molecule has 0 saturated heterocycles. The van der Waals surface area contributed by atoms with Crippen LogP contribution in [0.4, 0.5) is 0 Å². The van der Waals surface area contributed by atoms with Gasteiger partial charge in [0.2, 0.25) is 0 Å². The SMILES string of the molecule is Cc1nn(C)c(=O)c(C(=O)NCCOCCO)c1C. The number of nitrogens with one attached hydrogen (secondary N) is 1. The van der Waals surface area contributed by atoms with Crippen LogP contribution in [0.15, 0.2) is 4.79 Å². The van der Waals surface area contributed by atoms with Gasteiger partial charge in [-0.2, -0.15) is 5.10 Å². The van der Waals surface area contributed by atoms with Gasteiger partial charge in [-0.05, 0) is 19.4 Å². The van der Waals surface area contributed by atoms with E-state index in [1.807, 2.05) is 0 Å². The number of aryl methyl sites for hydroxylation is 2. The smallest absolute Gasteiger partial charge is 0.279 e. The Bertz CT molecular complexity index is 510. The number of hydrogen-bond donors (Lipinski definition) is 2. The molecule has 0 aromatic carbocycles. The third kappa shape index (κ3) is 3.87. The number of aromatic nitrogens is 2. The summed E-state index contributed by atoms with van der Waals surface area (Å²) in [6.45, 7) is 4.18. The summed E-state index contributed by atoms with van der Waals surface area (Å²) >= 11 is 0. The summed E-state index contributed by atoms with van der Waals surface area (Å²) in [7, 11) is 1.51. The Hall–Kier alpha value is -1.73. The summed E-state index contributed by atoms with van der Waals surface area (Å²) in [5.74, 6) is -0.434. The van der Waals surface area contributed by atoms with Crippen molar-refractivity contribution in [2.45, 2.75) is 13.8 Å². The lowest BCUT2D eigenvalue weighted by molar-refractivity contribution is 0.0836. The molecule has 1 rings (SSSR count). The molecular formula is C12H19N3O4. The largest absolute Gasteiger partial charge is 0.394 e. The molecule has 0 radical (unpaired) electrons. The van der Waals surface area contributed by atoms with Gasteiger partial charge in [0.05, 0.1) is 25.5 Å². The maximum absolute atomic E-state index is 12.0. The summed E-state index contributed by atoms with van der Waals surface area (Å²) in [5, 5.41) is 15.1. The van der Waals surface area contributed by atoms with Crippen LogP contribution in [0.2, 0.25) is 0 Å². The van der Waals surface area contributed by atoms with Crippen molar-refractivity contribution in [3.05, 3.63) is 27.2 Å². The second-order valence-electron chi connectivity index (χ2n) is 4.11. The average molecular weight is 269 g/mol. The Morgan fingerprint density at radius 1 is 1.42 bits per heavy atom. The molecule has 0 aliphatic carbocycles. The van der Waals surface area contributed by atoms with Crippen molar-refractivity contribution in [3.63, 3.8) is 0 Å². The van der Waals surface area contributed by atoms with Gasteiger partial charge in [-0.15, -0.1) is 0 Å². The van der Waals surface area contributed by atoms with Crippen molar-refractivity contribution < 1.29 is 14.6 Å². The highest BCUT2D eigenvalue weighted by Gasteiger charge is 2.17. The van der Waals surface area contributed by atoms with E-state index in [2.05, 4.69) is 10.4 Å².